The molecule has 3 saturated carbocycles. The van der Waals surface area contributed by atoms with Gasteiger partial charge in [0, 0.05) is 0 Å². The molecule has 0 aromatic rings. The Morgan fingerprint density at radius 2 is 1.81 bits per heavy atom. The number of fused-ring (bicyclic) bond motifs is 5. The highest BCUT2D eigenvalue weighted by atomic mass is 16.3. The molecule has 0 radical (unpaired) electrons. The first-order valence-electron chi connectivity index (χ1n) is 9.01. The lowest BCUT2D eigenvalue weighted by molar-refractivity contribution is -0.0267. The standard InChI is InChI=1S/C20H30O/c1-13-4-7-17-16-6-5-14-12-15(21)8-10-20(14,3)18(16)9-11-19(13,17)2/h5,15-18,21H,1,4,6-12H2,2-3H3/t15-,16?,17?,18?,19?,20?/m0/s1. The van der Waals surface area contributed by atoms with Crippen LogP contribution in [-0.2, 0) is 0 Å². The number of aliphatic hydroxyl groups is 1. The SMILES string of the molecule is C=C1CCC2C3CC=C4C[C@@H](O)CCC4(C)C3CCC12C. The second-order valence-corrected chi connectivity index (χ2v) is 8.75. The minimum atomic E-state index is -0.0824. The van der Waals surface area contributed by atoms with Crippen LogP contribution in [0.25, 0.3) is 0 Å². The van der Waals surface area contributed by atoms with Crippen molar-refractivity contribution >= 4 is 0 Å². The average molecular weight is 286 g/mol. The third-order valence-corrected chi connectivity index (χ3v) is 8.03. The zero-order chi connectivity index (χ0) is 14.8. The van der Waals surface area contributed by atoms with Crippen molar-refractivity contribution in [3.8, 4) is 0 Å². The van der Waals surface area contributed by atoms with E-state index in [0.29, 0.717) is 10.8 Å². The van der Waals surface area contributed by atoms with Crippen LogP contribution >= 0.6 is 0 Å². The third-order valence-electron chi connectivity index (χ3n) is 8.03. The van der Waals surface area contributed by atoms with Crippen molar-refractivity contribution < 1.29 is 5.11 Å². The van der Waals surface area contributed by atoms with Crippen LogP contribution in [0.4, 0.5) is 0 Å². The molecule has 3 fully saturated rings. The van der Waals surface area contributed by atoms with Crippen LogP contribution in [0.15, 0.2) is 23.8 Å². The lowest BCUT2D eigenvalue weighted by atomic mass is 9.48. The van der Waals surface area contributed by atoms with Gasteiger partial charge in [-0.25, -0.2) is 0 Å². The highest BCUT2D eigenvalue weighted by molar-refractivity contribution is 5.28. The van der Waals surface area contributed by atoms with E-state index in [-0.39, 0.29) is 6.10 Å². The molecule has 0 bridgehead atoms. The van der Waals surface area contributed by atoms with Gasteiger partial charge in [-0.05, 0) is 80.0 Å². The molecule has 0 heterocycles. The number of hydrogen-bond acceptors (Lipinski definition) is 1. The van der Waals surface area contributed by atoms with E-state index in [0.717, 1.165) is 30.6 Å². The molecule has 4 rings (SSSR count). The fourth-order valence-electron chi connectivity index (χ4n) is 6.55. The van der Waals surface area contributed by atoms with Gasteiger partial charge in [-0.1, -0.05) is 37.6 Å². The van der Waals surface area contributed by atoms with Crippen molar-refractivity contribution in [3.05, 3.63) is 23.8 Å². The van der Waals surface area contributed by atoms with Crippen LogP contribution in [-0.4, -0.2) is 11.2 Å². The summed E-state index contributed by atoms with van der Waals surface area (Å²) in [5, 5.41) is 10.0. The first-order chi connectivity index (χ1) is 9.95. The minimum absolute atomic E-state index is 0.0824. The quantitative estimate of drug-likeness (QED) is 0.630. The molecule has 4 aliphatic carbocycles. The number of allylic oxidation sites excluding steroid dienone is 2. The summed E-state index contributed by atoms with van der Waals surface area (Å²) in [7, 11) is 0. The Morgan fingerprint density at radius 3 is 2.62 bits per heavy atom. The lowest BCUT2D eigenvalue weighted by Gasteiger charge is -2.57. The maximum absolute atomic E-state index is 10.0. The maximum atomic E-state index is 10.0. The molecule has 0 saturated heterocycles. The summed E-state index contributed by atoms with van der Waals surface area (Å²) in [5.41, 5.74) is 3.93. The van der Waals surface area contributed by atoms with Gasteiger partial charge < -0.3 is 5.11 Å². The van der Waals surface area contributed by atoms with E-state index in [4.69, 9.17) is 0 Å². The highest BCUT2D eigenvalue weighted by Crippen LogP contribution is 2.65. The largest absolute Gasteiger partial charge is 0.393 e. The van der Waals surface area contributed by atoms with E-state index in [1.54, 1.807) is 5.57 Å². The van der Waals surface area contributed by atoms with Gasteiger partial charge >= 0.3 is 0 Å². The van der Waals surface area contributed by atoms with Gasteiger partial charge in [0.1, 0.15) is 0 Å². The van der Waals surface area contributed by atoms with Crippen LogP contribution < -0.4 is 0 Å². The van der Waals surface area contributed by atoms with Crippen LogP contribution in [0.3, 0.4) is 0 Å². The summed E-state index contributed by atoms with van der Waals surface area (Å²) in [6.45, 7) is 9.41. The van der Waals surface area contributed by atoms with Crippen LogP contribution in [0, 0.1) is 28.6 Å². The van der Waals surface area contributed by atoms with Gasteiger partial charge in [-0.15, -0.1) is 0 Å². The Bertz CT molecular complexity index is 504. The zero-order valence-electron chi connectivity index (χ0n) is 13.7. The monoisotopic (exact) mass is 286 g/mol. The number of aliphatic hydroxyl groups excluding tert-OH is 1. The van der Waals surface area contributed by atoms with E-state index in [2.05, 4.69) is 26.5 Å². The molecule has 5 unspecified atom stereocenters. The second kappa shape index (κ2) is 4.47. The Balaban J connectivity index is 1.69. The first-order valence-corrected chi connectivity index (χ1v) is 9.01. The molecule has 0 spiro atoms. The fraction of sp³-hybridized carbons (Fsp3) is 0.800. The Hall–Kier alpha value is -0.560. The first kappa shape index (κ1) is 14.1. The molecule has 1 N–H and O–H groups in total. The smallest absolute Gasteiger partial charge is 0.0577 e. The molecular formula is C20H30O. The van der Waals surface area contributed by atoms with Crippen molar-refractivity contribution in [2.75, 3.05) is 0 Å². The second-order valence-electron chi connectivity index (χ2n) is 8.75. The van der Waals surface area contributed by atoms with E-state index in [9.17, 15) is 5.11 Å². The summed E-state index contributed by atoms with van der Waals surface area (Å²) in [4.78, 5) is 0. The van der Waals surface area contributed by atoms with Gasteiger partial charge in [-0.3, -0.25) is 0 Å². The van der Waals surface area contributed by atoms with Crippen molar-refractivity contribution in [1.29, 1.82) is 0 Å². The van der Waals surface area contributed by atoms with Gasteiger partial charge in [-0.2, -0.15) is 0 Å². The highest BCUT2D eigenvalue weighted by Gasteiger charge is 2.56. The average Bonchev–Trinajstić information content (AvgIpc) is 2.76. The van der Waals surface area contributed by atoms with Gasteiger partial charge in [0.2, 0.25) is 0 Å². The molecular weight excluding hydrogens is 256 g/mol. The fourth-order valence-corrected chi connectivity index (χ4v) is 6.55. The predicted octanol–water partition coefficient (Wildman–Crippen LogP) is 4.87. The van der Waals surface area contributed by atoms with E-state index in [1.807, 2.05) is 0 Å². The summed E-state index contributed by atoms with van der Waals surface area (Å²) < 4.78 is 0. The Kier molecular flexibility index (Phi) is 2.99. The molecule has 4 aliphatic rings. The third kappa shape index (κ3) is 1.79. The minimum Gasteiger partial charge on any atom is -0.393 e. The molecule has 6 atom stereocenters. The van der Waals surface area contributed by atoms with E-state index in [1.165, 1.54) is 44.1 Å². The van der Waals surface area contributed by atoms with Gasteiger partial charge in [0.05, 0.1) is 6.10 Å². The van der Waals surface area contributed by atoms with Crippen molar-refractivity contribution in [2.24, 2.45) is 28.6 Å². The summed E-state index contributed by atoms with van der Waals surface area (Å²) in [6.07, 6.45) is 12.2. The van der Waals surface area contributed by atoms with Crippen LogP contribution in [0.2, 0.25) is 0 Å². The molecule has 1 nitrogen and oxygen atoms in total. The Labute approximate surface area is 129 Å². The van der Waals surface area contributed by atoms with Crippen molar-refractivity contribution in [3.63, 3.8) is 0 Å². The molecule has 21 heavy (non-hydrogen) atoms. The zero-order valence-corrected chi connectivity index (χ0v) is 13.7. The number of rotatable bonds is 0. The molecule has 116 valence electrons. The summed E-state index contributed by atoms with van der Waals surface area (Å²) in [6, 6.07) is 0. The van der Waals surface area contributed by atoms with Crippen molar-refractivity contribution in [1.82, 2.24) is 0 Å². The van der Waals surface area contributed by atoms with Crippen LogP contribution in [0.5, 0.6) is 0 Å². The lowest BCUT2D eigenvalue weighted by Crippen LogP contribution is -2.49. The van der Waals surface area contributed by atoms with Gasteiger partial charge in [0.25, 0.3) is 0 Å². The van der Waals surface area contributed by atoms with Gasteiger partial charge in [0.15, 0.2) is 0 Å². The van der Waals surface area contributed by atoms with E-state index < -0.39 is 0 Å². The van der Waals surface area contributed by atoms with Crippen LogP contribution in [0.1, 0.15) is 65.2 Å². The maximum Gasteiger partial charge on any atom is 0.0577 e. The molecule has 0 amide bonds. The molecule has 1 heteroatoms. The topological polar surface area (TPSA) is 20.2 Å². The Morgan fingerprint density at radius 1 is 1.10 bits per heavy atom. The molecule has 0 aromatic heterocycles. The summed E-state index contributed by atoms with van der Waals surface area (Å²) in [5.74, 6) is 2.59. The molecule has 0 aromatic carbocycles. The molecule has 0 aliphatic heterocycles. The van der Waals surface area contributed by atoms with E-state index >= 15 is 0 Å². The predicted molar refractivity (Wildman–Crippen MR) is 86.8 cm³/mol. The van der Waals surface area contributed by atoms with Crippen molar-refractivity contribution in [2.45, 2.75) is 71.3 Å². The normalized spacial score (nSPS) is 52.7. The summed E-state index contributed by atoms with van der Waals surface area (Å²) >= 11 is 0. The number of hydrogen-bond donors (Lipinski definition) is 1.